The molecular formula is C14H14F3NO3. The maximum Gasteiger partial charge on any atom is 0.326 e. The van der Waals surface area contributed by atoms with Gasteiger partial charge in [0.1, 0.15) is 6.04 Å². The minimum atomic E-state index is -1.74. The fourth-order valence-corrected chi connectivity index (χ4v) is 2.64. The summed E-state index contributed by atoms with van der Waals surface area (Å²) >= 11 is 0. The molecule has 1 fully saturated rings. The average molecular weight is 301 g/mol. The van der Waals surface area contributed by atoms with Gasteiger partial charge in [0.15, 0.2) is 17.5 Å². The topological polar surface area (TPSA) is 57.6 Å². The zero-order valence-electron chi connectivity index (χ0n) is 11.3. The van der Waals surface area contributed by atoms with Gasteiger partial charge >= 0.3 is 5.97 Å². The number of halogens is 3. The number of carboxylic acids is 1. The molecule has 7 heteroatoms. The molecule has 1 heterocycles. The third-order valence-electron chi connectivity index (χ3n) is 3.71. The largest absolute Gasteiger partial charge is 0.480 e. The molecule has 1 aromatic rings. The van der Waals surface area contributed by atoms with Gasteiger partial charge in [-0.15, -0.1) is 0 Å². The van der Waals surface area contributed by atoms with Crippen LogP contribution in [0.5, 0.6) is 0 Å². The molecule has 1 saturated heterocycles. The van der Waals surface area contributed by atoms with E-state index >= 15 is 0 Å². The Labute approximate surface area is 119 Å². The quantitative estimate of drug-likeness (QED) is 0.854. The summed E-state index contributed by atoms with van der Waals surface area (Å²) in [5.74, 6) is -7.16. The van der Waals surface area contributed by atoms with Gasteiger partial charge < -0.3 is 10.0 Å². The van der Waals surface area contributed by atoms with Crippen LogP contribution in [0.15, 0.2) is 12.1 Å². The van der Waals surface area contributed by atoms with Crippen molar-refractivity contribution in [3.05, 3.63) is 35.1 Å². The molecule has 2 unspecified atom stereocenters. The van der Waals surface area contributed by atoms with Gasteiger partial charge in [0.25, 0.3) is 5.91 Å². The lowest BCUT2D eigenvalue weighted by Gasteiger charge is -2.37. The molecule has 0 aromatic heterocycles. The molecule has 4 nitrogen and oxygen atoms in total. The van der Waals surface area contributed by atoms with Gasteiger partial charge in [0.05, 0.1) is 5.56 Å². The number of aliphatic carboxylic acids is 1. The van der Waals surface area contributed by atoms with E-state index in [9.17, 15) is 27.9 Å². The zero-order chi connectivity index (χ0) is 15.7. The second-order valence-corrected chi connectivity index (χ2v) is 5.12. The summed E-state index contributed by atoms with van der Waals surface area (Å²) in [7, 11) is 0. The number of benzene rings is 1. The highest BCUT2D eigenvalue weighted by atomic mass is 19.2. The summed E-state index contributed by atoms with van der Waals surface area (Å²) in [6.07, 6.45) is 1.20. The number of nitrogens with zero attached hydrogens (tertiary/aromatic N) is 1. The number of piperidine rings is 1. The number of hydrogen-bond acceptors (Lipinski definition) is 2. The fraction of sp³-hybridized carbons (Fsp3) is 0.429. The van der Waals surface area contributed by atoms with E-state index in [4.69, 9.17) is 0 Å². The fourth-order valence-electron chi connectivity index (χ4n) is 2.64. The SMILES string of the molecule is CC1CCCN(C(=O)c2ccc(F)c(F)c2F)C1C(=O)O. The maximum absolute atomic E-state index is 13.7. The van der Waals surface area contributed by atoms with E-state index in [-0.39, 0.29) is 12.5 Å². The molecule has 1 aliphatic rings. The van der Waals surface area contributed by atoms with E-state index in [1.54, 1.807) is 6.92 Å². The van der Waals surface area contributed by atoms with Gasteiger partial charge in [-0.25, -0.2) is 18.0 Å². The van der Waals surface area contributed by atoms with Crippen molar-refractivity contribution in [2.24, 2.45) is 5.92 Å². The van der Waals surface area contributed by atoms with Crippen molar-refractivity contribution in [2.45, 2.75) is 25.8 Å². The molecule has 114 valence electrons. The molecule has 1 N–H and O–H groups in total. The first-order valence-electron chi connectivity index (χ1n) is 6.52. The Morgan fingerprint density at radius 1 is 1.24 bits per heavy atom. The molecule has 0 aliphatic carbocycles. The molecule has 0 saturated carbocycles. The third kappa shape index (κ3) is 2.72. The van der Waals surface area contributed by atoms with Gasteiger partial charge in [-0.1, -0.05) is 6.92 Å². The zero-order valence-corrected chi connectivity index (χ0v) is 11.3. The highest BCUT2D eigenvalue weighted by Gasteiger charge is 2.38. The van der Waals surface area contributed by atoms with E-state index in [1.165, 1.54) is 0 Å². The lowest BCUT2D eigenvalue weighted by atomic mass is 9.90. The Morgan fingerprint density at radius 2 is 1.90 bits per heavy atom. The Balaban J connectivity index is 2.38. The summed E-state index contributed by atoms with van der Waals surface area (Å²) in [6, 6.07) is 0.377. The molecular weight excluding hydrogens is 287 g/mol. The summed E-state index contributed by atoms with van der Waals surface area (Å²) in [6.45, 7) is 1.82. The summed E-state index contributed by atoms with van der Waals surface area (Å²) in [5, 5.41) is 9.22. The van der Waals surface area contributed by atoms with E-state index in [1.807, 2.05) is 0 Å². The van der Waals surface area contributed by atoms with Crippen molar-refractivity contribution < 1.29 is 27.9 Å². The Kier molecular flexibility index (Phi) is 4.20. The Morgan fingerprint density at radius 3 is 2.52 bits per heavy atom. The lowest BCUT2D eigenvalue weighted by molar-refractivity contribution is -0.145. The Hall–Kier alpha value is -2.05. The van der Waals surface area contributed by atoms with Crippen molar-refractivity contribution in [3.63, 3.8) is 0 Å². The predicted molar refractivity (Wildman–Crippen MR) is 67.2 cm³/mol. The number of amides is 1. The van der Waals surface area contributed by atoms with E-state index < -0.39 is 40.9 Å². The highest BCUT2D eigenvalue weighted by Crippen LogP contribution is 2.26. The van der Waals surface area contributed by atoms with Gasteiger partial charge in [0.2, 0.25) is 0 Å². The molecule has 1 aromatic carbocycles. The first-order valence-corrected chi connectivity index (χ1v) is 6.52. The standard InChI is InChI=1S/C14H14F3NO3/c1-7-3-2-6-18(12(7)14(20)21)13(19)8-4-5-9(15)11(17)10(8)16/h4-5,7,12H,2-3,6H2,1H3,(H,20,21). The van der Waals surface area contributed by atoms with Gasteiger partial charge in [-0.3, -0.25) is 4.79 Å². The van der Waals surface area contributed by atoms with Crippen LogP contribution in [0, 0.1) is 23.4 Å². The second kappa shape index (κ2) is 5.75. The molecule has 0 spiro atoms. The van der Waals surface area contributed by atoms with Crippen LogP contribution in [0.1, 0.15) is 30.1 Å². The van der Waals surface area contributed by atoms with Crippen molar-refractivity contribution in [2.75, 3.05) is 6.54 Å². The number of carboxylic acid groups (broad SMARTS) is 1. The maximum atomic E-state index is 13.7. The van der Waals surface area contributed by atoms with Crippen molar-refractivity contribution in [1.82, 2.24) is 4.90 Å². The first-order chi connectivity index (χ1) is 9.84. The average Bonchev–Trinajstić information content (AvgIpc) is 2.43. The summed E-state index contributed by atoms with van der Waals surface area (Å²) in [4.78, 5) is 24.6. The minimum Gasteiger partial charge on any atom is -0.480 e. The van der Waals surface area contributed by atoms with Crippen LogP contribution < -0.4 is 0 Å². The second-order valence-electron chi connectivity index (χ2n) is 5.12. The number of rotatable bonds is 2. The third-order valence-corrected chi connectivity index (χ3v) is 3.71. The van der Waals surface area contributed by atoms with Gasteiger partial charge in [-0.05, 0) is 30.9 Å². The number of carbonyl (C=O) groups excluding carboxylic acids is 1. The van der Waals surface area contributed by atoms with Gasteiger partial charge in [-0.2, -0.15) is 0 Å². The van der Waals surface area contributed by atoms with Gasteiger partial charge in [0, 0.05) is 6.54 Å². The monoisotopic (exact) mass is 301 g/mol. The predicted octanol–water partition coefficient (Wildman–Crippen LogP) is 2.43. The summed E-state index contributed by atoms with van der Waals surface area (Å²) in [5.41, 5.74) is -0.658. The lowest BCUT2D eigenvalue weighted by Crippen LogP contribution is -2.52. The van der Waals surface area contributed by atoms with Crippen molar-refractivity contribution in [3.8, 4) is 0 Å². The van der Waals surface area contributed by atoms with Crippen molar-refractivity contribution in [1.29, 1.82) is 0 Å². The van der Waals surface area contributed by atoms with Crippen LogP contribution >= 0.6 is 0 Å². The molecule has 1 aliphatic heterocycles. The molecule has 0 radical (unpaired) electrons. The van der Waals surface area contributed by atoms with Crippen LogP contribution in [0.2, 0.25) is 0 Å². The van der Waals surface area contributed by atoms with E-state index in [0.717, 1.165) is 11.0 Å². The van der Waals surface area contributed by atoms with Crippen LogP contribution in [0.4, 0.5) is 13.2 Å². The van der Waals surface area contributed by atoms with Crippen molar-refractivity contribution >= 4 is 11.9 Å². The first kappa shape index (κ1) is 15.3. The molecule has 1 amide bonds. The van der Waals surface area contributed by atoms with E-state index in [2.05, 4.69) is 0 Å². The molecule has 2 rings (SSSR count). The van der Waals surface area contributed by atoms with Crippen LogP contribution in [0.25, 0.3) is 0 Å². The van der Waals surface area contributed by atoms with Crippen LogP contribution in [0.3, 0.4) is 0 Å². The minimum absolute atomic E-state index is 0.137. The van der Waals surface area contributed by atoms with E-state index in [0.29, 0.717) is 18.9 Å². The molecule has 2 atom stereocenters. The number of hydrogen-bond donors (Lipinski definition) is 1. The molecule has 21 heavy (non-hydrogen) atoms. The normalized spacial score (nSPS) is 22.2. The number of carbonyl (C=O) groups is 2. The summed E-state index contributed by atoms with van der Waals surface area (Å²) < 4.78 is 39.8. The smallest absolute Gasteiger partial charge is 0.326 e. The Bertz CT molecular complexity index is 591. The van der Waals surface area contributed by atoms with Crippen LogP contribution in [-0.4, -0.2) is 34.5 Å². The molecule has 0 bridgehead atoms. The highest BCUT2D eigenvalue weighted by molar-refractivity contribution is 5.97. The van der Waals surface area contributed by atoms with Crippen LogP contribution in [-0.2, 0) is 4.79 Å². The number of likely N-dealkylation sites (tertiary alicyclic amines) is 1.